The Hall–Kier alpha value is -3.01. The number of ketones is 1. The number of carbonyl (C=O) groups excluding carboxylic acids is 2. The summed E-state index contributed by atoms with van der Waals surface area (Å²) in [5, 5.41) is 5.46. The van der Waals surface area contributed by atoms with Gasteiger partial charge < -0.3 is 10.1 Å². The fourth-order valence-corrected chi connectivity index (χ4v) is 6.41. The summed E-state index contributed by atoms with van der Waals surface area (Å²) in [5.74, 6) is -0.737. The second-order valence-corrected chi connectivity index (χ2v) is 10.7. The largest absolute Gasteiger partial charge is 0.462 e. The molecule has 2 heterocycles. The summed E-state index contributed by atoms with van der Waals surface area (Å²) in [4.78, 5) is 25.7. The molecule has 0 spiro atoms. The first-order valence-corrected chi connectivity index (χ1v) is 13.4. The first kappa shape index (κ1) is 24.1. The van der Waals surface area contributed by atoms with Crippen LogP contribution in [0.1, 0.15) is 40.5 Å². The van der Waals surface area contributed by atoms with Gasteiger partial charge in [0.2, 0.25) is 10.0 Å². The number of esters is 1. The minimum absolute atomic E-state index is 0.0889. The van der Waals surface area contributed by atoms with Crippen molar-refractivity contribution in [2.24, 2.45) is 0 Å². The Labute approximate surface area is 203 Å². The highest BCUT2D eigenvalue weighted by atomic mass is 32.2. The number of ether oxygens (including phenoxy) is 1. The number of nitrogens with zero attached hydrogens (tertiary/aromatic N) is 1. The van der Waals surface area contributed by atoms with Gasteiger partial charge in [0.05, 0.1) is 18.0 Å². The molecule has 9 heteroatoms. The number of sulfonamides is 1. The standard InChI is InChI=1S/C25H26N2O5S2/c1-2-32-25(29)23-21(18-9-4-3-5-10-18)17-33-24(23)26-16-22(28)19-11-8-12-20(15-19)34(30,31)27-13-6-7-14-27/h3-5,8-12,15,17,26H,2,6-7,13-14,16H2,1H3. The molecule has 1 saturated heterocycles. The van der Waals surface area contributed by atoms with Crippen LogP contribution < -0.4 is 5.32 Å². The molecular weight excluding hydrogens is 472 g/mol. The van der Waals surface area contributed by atoms with Gasteiger partial charge in [-0.25, -0.2) is 13.2 Å². The smallest absolute Gasteiger partial charge is 0.341 e. The zero-order valence-electron chi connectivity index (χ0n) is 18.8. The van der Waals surface area contributed by atoms with Crippen LogP contribution >= 0.6 is 11.3 Å². The maximum Gasteiger partial charge on any atom is 0.341 e. The normalized spacial score (nSPS) is 14.1. The van der Waals surface area contributed by atoms with Crippen LogP contribution in [0, 0.1) is 0 Å². The number of hydrogen-bond acceptors (Lipinski definition) is 7. The summed E-state index contributed by atoms with van der Waals surface area (Å²) in [6, 6.07) is 15.6. The lowest BCUT2D eigenvalue weighted by molar-refractivity contribution is 0.0528. The second-order valence-electron chi connectivity index (χ2n) is 7.86. The first-order chi connectivity index (χ1) is 16.4. The molecule has 0 unspecified atom stereocenters. The lowest BCUT2D eigenvalue weighted by Gasteiger charge is -2.16. The van der Waals surface area contributed by atoms with E-state index in [9.17, 15) is 18.0 Å². The molecule has 1 N–H and O–H groups in total. The van der Waals surface area contributed by atoms with E-state index in [1.54, 1.807) is 19.1 Å². The highest BCUT2D eigenvalue weighted by Gasteiger charge is 2.28. The molecule has 4 rings (SSSR count). The molecular formula is C25H26N2O5S2. The van der Waals surface area contributed by atoms with E-state index in [0.717, 1.165) is 24.0 Å². The minimum Gasteiger partial charge on any atom is -0.462 e. The third kappa shape index (κ3) is 5.06. The summed E-state index contributed by atoms with van der Waals surface area (Å²) in [5.41, 5.74) is 2.29. The van der Waals surface area contributed by atoms with Crippen molar-refractivity contribution in [3.63, 3.8) is 0 Å². The molecule has 2 aromatic carbocycles. The molecule has 34 heavy (non-hydrogen) atoms. The molecule has 0 bridgehead atoms. The summed E-state index contributed by atoms with van der Waals surface area (Å²) in [7, 11) is -3.61. The van der Waals surface area contributed by atoms with E-state index >= 15 is 0 Å². The van der Waals surface area contributed by atoms with E-state index in [2.05, 4.69) is 5.32 Å². The number of nitrogens with one attached hydrogen (secondary N) is 1. The summed E-state index contributed by atoms with van der Waals surface area (Å²) in [6.45, 7) is 2.89. The fourth-order valence-electron chi connectivity index (χ4n) is 3.89. The first-order valence-electron chi connectivity index (χ1n) is 11.1. The molecule has 1 fully saturated rings. The number of Topliss-reactive ketones (excluding diaryl/α,β-unsaturated/α-hetero) is 1. The van der Waals surface area contributed by atoms with Gasteiger partial charge >= 0.3 is 5.97 Å². The number of thiophene rings is 1. The average molecular weight is 499 g/mol. The van der Waals surface area contributed by atoms with Crippen LogP contribution in [0.3, 0.4) is 0 Å². The molecule has 1 aliphatic heterocycles. The Balaban J connectivity index is 1.54. The van der Waals surface area contributed by atoms with E-state index < -0.39 is 16.0 Å². The summed E-state index contributed by atoms with van der Waals surface area (Å²) in [6.07, 6.45) is 1.69. The van der Waals surface area contributed by atoms with Crippen molar-refractivity contribution < 1.29 is 22.7 Å². The van der Waals surface area contributed by atoms with Crippen molar-refractivity contribution in [2.45, 2.75) is 24.7 Å². The fraction of sp³-hybridized carbons (Fsp3) is 0.280. The zero-order valence-corrected chi connectivity index (χ0v) is 20.5. The van der Waals surface area contributed by atoms with E-state index in [0.29, 0.717) is 29.2 Å². The van der Waals surface area contributed by atoms with Gasteiger partial charge in [0.25, 0.3) is 0 Å². The van der Waals surface area contributed by atoms with E-state index in [1.807, 2.05) is 35.7 Å². The molecule has 3 aromatic rings. The van der Waals surface area contributed by atoms with Crippen LogP contribution in [0.2, 0.25) is 0 Å². The van der Waals surface area contributed by atoms with Crippen LogP contribution in [0.4, 0.5) is 5.00 Å². The van der Waals surface area contributed by atoms with Crippen molar-refractivity contribution in [2.75, 3.05) is 31.6 Å². The Bertz CT molecular complexity index is 1280. The average Bonchev–Trinajstić information content (AvgIpc) is 3.54. The van der Waals surface area contributed by atoms with Crippen molar-refractivity contribution in [3.05, 3.63) is 71.1 Å². The molecule has 1 aromatic heterocycles. The van der Waals surface area contributed by atoms with E-state index in [1.165, 1.54) is 27.8 Å². The summed E-state index contributed by atoms with van der Waals surface area (Å²) >= 11 is 1.32. The second kappa shape index (κ2) is 10.5. The van der Waals surface area contributed by atoms with Crippen LogP contribution in [0.25, 0.3) is 11.1 Å². The monoisotopic (exact) mass is 498 g/mol. The third-order valence-electron chi connectivity index (χ3n) is 5.62. The van der Waals surface area contributed by atoms with Crippen LogP contribution in [0.5, 0.6) is 0 Å². The Kier molecular flexibility index (Phi) is 7.45. The van der Waals surface area contributed by atoms with Gasteiger partial charge in [0.1, 0.15) is 10.6 Å². The number of benzene rings is 2. The Morgan fingerprint density at radius 3 is 2.50 bits per heavy atom. The zero-order chi connectivity index (χ0) is 24.1. The van der Waals surface area contributed by atoms with Gasteiger partial charge in [-0.2, -0.15) is 4.31 Å². The minimum atomic E-state index is -3.61. The van der Waals surface area contributed by atoms with Crippen molar-refractivity contribution in [3.8, 4) is 11.1 Å². The number of carbonyl (C=O) groups is 2. The number of hydrogen-bond donors (Lipinski definition) is 1. The lowest BCUT2D eigenvalue weighted by atomic mass is 10.0. The molecule has 7 nitrogen and oxygen atoms in total. The van der Waals surface area contributed by atoms with Gasteiger partial charge in [-0.1, -0.05) is 42.5 Å². The molecule has 0 aliphatic carbocycles. The van der Waals surface area contributed by atoms with Gasteiger partial charge in [-0.3, -0.25) is 4.79 Å². The van der Waals surface area contributed by atoms with Gasteiger partial charge in [0, 0.05) is 29.6 Å². The van der Waals surface area contributed by atoms with E-state index in [4.69, 9.17) is 4.74 Å². The predicted molar refractivity (Wildman–Crippen MR) is 133 cm³/mol. The van der Waals surface area contributed by atoms with Crippen molar-refractivity contribution in [1.82, 2.24) is 4.31 Å². The number of anilines is 1. The topological polar surface area (TPSA) is 92.8 Å². The van der Waals surface area contributed by atoms with Crippen molar-refractivity contribution >= 4 is 38.1 Å². The number of rotatable bonds is 9. The SMILES string of the molecule is CCOC(=O)c1c(-c2ccccc2)csc1NCC(=O)c1cccc(S(=O)(=O)N2CCCC2)c1. The van der Waals surface area contributed by atoms with Crippen LogP contribution in [-0.4, -0.2) is 50.7 Å². The molecule has 0 amide bonds. The van der Waals surface area contributed by atoms with E-state index in [-0.39, 0.29) is 23.8 Å². The molecule has 0 atom stereocenters. The maximum atomic E-state index is 12.9. The molecule has 1 aliphatic rings. The van der Waals surface area contributed by atoms with Crippen molar-refractivity contribution in [1.29, 1.82) is 0 Å². The molecule has 0 saturated carbocycles. The maximum absolute atomic E-state index is 12.9. The predicted octanol–water partition coefficient (Wildman–Crippen LogP) is 4.67. The lowest BCUT2D eigenvalue weighted by Crippen LogP contribution is -2.28. The molecule has 178 valence electrons. The quantitative estimate of drug-likeness (QED) is 0.340. The third-order valence-corrected chi connectivity index (χ3v) is 8.46. The molecule has 0 radical (unpaired) electrons. The van der Waals surface area contributed by atoms with Crippen LogP contribution in [0.15, 0.2) is 64.9 Å². The van der Waals surface area contributed by atoms with Gasteiger partial charge in [-0.15, -0.1) is 11.3 Å². The highest BCUT2D eigenvalue weighted by Crippen LogP contribution is 2.36. The Morgan fingerprint density at radius 2 is 1.79 bits per heavy atom. The van der Waals surface area contributed by atoms with Gasteiger partial charge in [-0.05, 0) is 37.5 Å². The summed E-state index contributed by atoms with van der Waals surface area (Å²) < 4.78 is 32.4. The highest BCUT2D eigenvalue weighted by molar-refractivity contribution is 7.89. The van der Waals surface area contributed by atoms with Gasteiger partial charge in [0.15, 0.2) is 5.78 Å². The Morgan fingerprint density at radius 1 is 1.06 bits per heavy atom. The van der Waals surface area contributed by atoms with Crippen LogP contribution in [-0.2, 0) is 14.8 Å².